The summed E-state index contributed by atoms with van der Waals surface area (Å²) >= 11 is 0. The van der Waals surface area contributed by atoms with Crippen LogP contribution in [0, 0.1) is 5.92 Å². The van der Waals surface area contributed by atoms with Gasteiger partial charge in [-0.15, -0.1) is 0 Å². The molecule has 2 aromatic rings. The average Bonchev–Trinajstić information content (AvgIpc) is 2.78. The van der Waals surface area contributed by atoms with Gasteiger partial charge in [0.1, 0.15) is 6.04 Å². The molecule has 8 heteroatoms. The van der Waals surface area contributed by atoms with Crippen LogP contribution in [0.2, 0.25) is 0 Å². The number of carbonyl (C=O) groups is 2. The minimum absolute atomic E-state index is 0.0529. The maximum absolute atomic E-state index is 12.9. The zero-order chi connectivity index (χ0) is 23.9. The van der Waals surface area contributed by atoms with E-state index in [0.29, 0.717) is 13.1 Å². The number of hydrogen-bond donors (Lipinski definition) is 2. The molecule has 2 aromatic carbocycles. The summed E-state index contributed by atoms with van der Waals surface area (Å²) in [4.78, 5) is 25.9. The molecule has 7 nitrogen and oxygen atoms in total. The normalized spacial score (nSPS) is 13.6. The molecule has 0 saturated heterocycles. The summed E-state index contributed by atoms with van der Waals surface area (Å²) < 4.78 is 26.9. The lowest BCUT2D eigenvalue weighted by Crippen LogP contribution is -2.50. The summed E-state index contributed by atoms with van der Waals surface area (Å²) in [6, 6.07) is 14.5. The Labute approximate surface area is 191 Å². The molecule has 0 fully saturated rings. The third-order valence-corrected chi connectivity index (χ3v) is 7.38. The smallest absolute Gasteiger partial charge is 0.251 e. The van der Waals surface area contributed by atoms with Crippen molar-refractivity contribution in [1.29, 1.82) is 0 Å². The Hall–Kier alpha value is -2.71. The van der Waals surface area contributed by atoms with Gasteiger partial charge < -0.3 is 10.6 Å². The summed E-state index contributed by atoms with van der Waals surface area (Å²) in [7, 11) is -3.69. The fourth-order valence-electron chi connectivity index (χ4n) is 3.40. The van der Waals surface area contributed by atoms with Crippen molar-refractivity contribution in [1.82, 2.24) is 14.9 Å². The molecule has 0 saturated carbocycles. The van der Waals surface area contributed by atoms with E-state index in [-0.39, 0.29) is 28.3 Å². The lowest BCUT2D eigenvalue weighted by atomic mass is 10.0. The molecule has 0 aromatic heterocycles. The molecule has 0 aliphatic rings. The molecule has 0 heterocycles. The fraction of sp³-hybridized carbons (Fsp3) is 0.417. The molecule has 0 bridgehead atoms. The van der Waals surface area contributed by atoms with Crippen LogP contribution >= 0.6 is 0 Å². The van der Waals surface area contributed by atoms with Gasteiger partial charge in [-0.25, -0.2) is 8.42 Å². The first kappa shape index (κ1) is 25.5. The van der Waals surface area contributed by atoms with Gasteiger partial charge in [-0.1, -0.05) is 64.1 Å². The van der Waals surface area contributed by atoms with Crippen LogP contribution in [0.1, 0.15) is 56.6 Å². The highest BCUT2D eigenvalue weighted by Gasteiger charge is 2.27. The number of amides is 2. The molecular weight excluding hydrogens is 426 g/mol. The first-order valence-corrected chi connectivity index (χ1v) is 12.3. The van der Waals surface area contributed by atoms with Gasteiger partial charge in [-0.05, 0) is 36.6 Å². The minimum Gasteiger partial charge on any atom is -0.348 e. The maximum Gasteiger partial charge on any atom is 0.251 e. The van der Waals surface area contributed by atoms with Crippen molar-refractivity contribution in [2.75, 3.05) is 13.1 Å². The number of sulfonamides is 1. The Bertz CT molecular complexity index is 1020. The van der Waals surface area contributed by atoms with Gasteiger partial charge in [-0.3, -0.25) is 9.59 Å². The van der Waals surface area contributed by atoms with E-state index in [1.165, 1.54) is 22.5 Å². The SMILES string of the molecule is CCN(CC)S(=O)(=O)c1cccc(C(=O)NC(C(=O)NC(C)c2ccccc2)C(C)C)c1. The van der Waals surface area contributed by atoms with Crippen LogP contribution < -0.4 is 10.6 Å². The van der Waals surface area contributed by atoms with E-state index in [1.54, 1.807) is 19.9 Å². The van der Waals surface area contributed by atoms with Gasteiger partial charge >= 0.3 is 0 Å². The van der Waals surface area contributed by atoms with Crippen molar-refractivity contribution in [3.8, 4) is 0 Å². The quantitative estimate of drug-likeness (QED) is 0.570. The number of nitrogens with zero attached hydrogens (tertiary/aromatic N) is 1. The topological polar surface area (TPSA) is 95.6 Å². The molecule has 2 amide bonds. The largest absolute Gasteiger partial charge is 0.348 e. The van der Waals surface area contributed by atoms with E-state index in [1.807, 2.05) is 51.1 Å². The highest BCUT2D eigenvalue weighted by molar-refractivity contribution is 7.89. The molecule has 0 spiro atoms. The molecule has 2 unspecified atom stereocenters. The fourth-order valence-corrected chi connectivity index (χ4v) is 4.90. The Morgan fingerprint density at radius 2 is 1.53 bits per heavy atom. The summed E-state index contributed by atoms with van der Waals surface area (Å²) in [6.45, 7) is 9.78. The van der Waals surface area contributed by atoms with Gasteiger partial charge in [-0.2, -0.15) is 4.31 Å². The van der Waals surface area contributed by atoms with E-state index < -0.39 is 22.0 Å². The second-order valence-corrected chi connectivity index (χ2v) is 9.89. The standard InChI is InChI=1S/C24H33N3O4S/c1-6-27(7-2)32(30,31)21-15-11-14-20(16-21)23(28)26-22(17(3)4)24(29)25-18(5)19-12-9-8-10-13-19/h8-18,22H,6-7H2,1-5H3,(H,25,29)(H,26,28). The summed E-state index contributed by atoms with van der Waals surface area (Å²) in [5, 5.41) is 5.71. The van der Waals surface area contributed by atoms with E-state index in [9.17, 15) is 18.0 Å². The lowest BCUT2D eigenvalue weighted by molar-refractivity contribution is -0.124. The monoisotopic (exact) mass is 459 g/mol. The first-order chi connectivity index (χ1) is 15.1. The molecule has 2 rings (SSSR count). The van der Waals surface area contributed by atoms with Crippen LogP contribution in [0.3, 0.4) is 0 Å². The van der Waals surface area contributed by atoms with E-state index >= 15 is 0 Å². The Morgan fingerprint density at radius 3 is 2.09 bits per heavy atom. The van der Waals surface area contributed by atoms with Gasteiger partial charge in [0.25, 0.3) is 5.91 Å². The van der Waals surface area contributed by atoms with Crippen molar-refractivity contribution < 1.29 is 18.0 Å². The molecule has 174 valence electrons. The average molecular weight is 460 g/mol. The van der Waals surface area contributed by atoms with Crippen LogP contribution in [-0.2, 0) is 14.8 Å². The van der Waals surface area contributed by atoms with Crippen LogP contribution in [0.4, 0.5) is 0 Å². The summed E-state index contributed by atoms with van der Waals surface area (Å²) in [6.07, 6.45) is 0. The summed E-state index contributed by atoms with van der Waals surface area (Å²) in [5.41, 5.74) is 1.15. The van der Waals surface area contributed by atoms with E-state index in [2.05, 4.69) is 10.6 Å². The molecule has 32 heavy (non-hydrogen) atoms. The minimum atomic E-state index is -3.69. The first-order valence-electron chi connectivity index (χ1n) is 10.9. The number of nitrogens with one attached hydrogen (secondary N) is 2. The maximum atomic E-state index is 12.9. The molecule has 0 aliphatic heterocycles. The van der Waals surface area contributed by atoms with Gasteiger partial charge in [0.15, 0.2) is 0 Å². The lowest BCUT2D eigenvalue weighted by Gasteiger charge is -2.24. The second kappa shape index (κ2) is 11.2. The highest BCUT2D eigenvalue weighted by Crippen LogP contribution is 2.18. The molecule has 2 atom stereocenters. The zero-order valence-corrected chi connectivity index (χ0v) is 20.1. The van der Waals surface area contributed by atoms with E-state index in [0.717, 1.165) is 5.56 Å². The number of hydrogen-bond acceptors (Lipinski definition) is 4. The van der Waals surface area contributed by atoms with Crippen molar-refractivity contribution in [2.24, 2.45) is 5.92 Å². The molecule has 0 aliphatic carbocycles. The Morgan fingerprint density at radius 1 is 0.906 bits per heavy atom. The second-order valence-electron chi connectivity index (χ2n) is 7.95. The third-order valence-electron chi connectivity index (χ3n) is 5.33. The Kier molecular flexibility index (Phi) is 8.98. The zero-order valence-electron chi connectivity index (χ0n) is 19.3. The molecule has 2 N–H and O–H groups in total. The predicted octanol–water partition coefficient (Wildman–Crippen LogP) is 3.35. The number of benzene rings is 2. The predicted molar refractivity (Wildman–Crippen MR) is 126 cm³/mol. The number of carbonyl (C=O) groups excluding carboxylic acids is 2. The molecular formula is C24H33N3O4S. The number of rotatable bonds is 10. The van der Waals surface area contributed by atoms with Crippen molar-refractivity contribution >= 4 is 21.8 Å². The Balaban J connectivity index is 2.19. The third kappa shape index (κ3) is 6.17. The van der Waals surface area contributed by atoms with Crippen LogP contribution in [0.25, 0.3) is 0 Å². The van der Waals surface area contributed by atoms with Crippen LogP contribution in [-0.4, -0.2) is 43.7 Å². The van der Waals surface area contributed by atoms with Crippen molar-refractivity contribution in [3.05, 3.63) is 65.7 Å². The van der Waals surface area contributed by atoms with Gasteiger partial charge in [0.05, 0.1) is 10.9 Å². The van der Waals surface area contributed by atoms with Crippen LogP contribution in [0.5, 0.6) is 0 Å². The summed E-state index contributed by atoms with van der Waals surface area (Å²) in [5.74, 6) is -0.955. The van der Waals surface area contributed by atoms with Crippen LogP contribution in [0.15, 0.2) is 59.5 Å². The van der Waals surface area contributed by atoms with E-state index in [4.69, 9.17) is 0 Å². The van der Waals surface area contributed by atoms with Crippen molar-refractivity contribution in [3.63, 3.8) is 0 Å². The van der Waals surface area contributed by atoms with Gasteiger partial charge in [0, 0.05) is 18.7 Å². The molecule has 0 radical (unpaired) electrons. The highest BCUT2D eigenvalue weighted by atomic mass is 32.2. The van der Waals surface area contributed by atoms with Crippen molar-refractivity contribution in [2.45, 2.75) is 51.6 Å². The van der Waals surface area contributed by atoms with Gasteiger partial charge in [0.2, 0.25) is 15.9 Å².